The van der Waals surface area contributed by atoms with Crippen LogP contribution >= 0.6 is 0 Å². The molecular formula is C20H39N5O. The molecule has 0 aromatic rings. The summed E-state index contributed by atoms with van der Waals surface area (Å²) in [6.45, 7) is 11.3. The molecule has 2 aliphatic rings. The number of aliphatic imine (C=N–C) groups is 1. The van der Waals surface area contributed by atoms with Crippen LogP contribution in [-0.2, 0) is 4.79 Å². The Hall–Kier alpha value is -1.30. The van der Waals surface area contributed by atoms with Gasteiger partial charge in [-0.1, -0.05) is 13.8 Å². The minimum absolute atomic E-state index is 0.161. The largest absolute Gasteiger partial charge is 0.359 e. The van der Waals surface area contributed by atoms with Crippen molar-refractivity contribution in [3.63, 3.8) is 0 Å². The number of carbonyl (C=O) groups excluding carboxylic acids is 1. The summed E-state index contributed by atoms with van der Waals surface area (Å²) >= 11 is 0. The lowest BCUT2D eigenvalue weighted by Gasteiger charge is -2.36. The van der Waals surface area contributed by atoms with Crippen molar-refractivity contribution < 1.29 is 4.79 Å². The molecule has 6 heteroatoms. The van der Waals surface area contributed by atoms with Crippen molar-refractivity contribution in [2.45, 2.75) is 46.0 Å². The van der Waals surface area contributed by atoms with E-state index in [-0.39, 0.29) is 5.91 Å². The van der Waals surface area contributed by atoms with Crippen molar-refractivity contribution in [1.82, 2.24) is 20.4 Å². The van der Waals surface area contributed by atoms with E-state index in [0.29, 0.717) is 18.3 Å². The molecule has 2 rings (SSSR count). The maximum Gasteiger partial charge on any atom is 0.220 e. The molecule has 1 atom stereocenters. The van der Waals surface area contributed by atoms with E-state index in [1.54, 1.807) is 7.05 Å². The highest BCUT2D eigenvalue weighted by molar-refractivity contribution is 5.80. The fourth-order valence-electron chi connectivity index (χ4n) is 4.28. The lowest BCUT2D eigenvalue weighted by Crippen LogP contribution is -2.49. The summed E-state index contributed by atoms with van der Waals surface area (Å²) in [5, 5.41) is 6.36. The summed E-state index contributed by atoms with van der Waals surface area (Å²) in [5.74, 6) is 3.15. The van der Waals surface area contributed by atoms with E-state index in [1.165, 1.54) is 32.5 Å². The summed E-state index contributed by atoms with van der Waals surface area (Å²) < 4.78 is 0. The molecule has 2 fully saturated rings. The summed E-state index contributed by atoms with van der Waals surface area (Å²) in [4.78, 5) is 21.0. The van der Waals surface area contributed by atoms with Gasteiger partial charge in [-0.3, -0.25) is 9.79 Å². The number of rotatable bonds is 6. The predicted molar refractivity (Wildman–Crippen MR) is 108 cm³/mol. The Morgan fingerprint density at radius 1 is 1.15 bits per heavy atom. The Morgan fingerprint density at radius 3 is 2.50 bits per heavy atom. The maximum absolute atomic E-state index is 11.6. The van der Waals surface area contributed by atoms with Crippen LogP contribution in [0.2, 0.25) is 0 Å². The lowest BCUT2D eigenvalue weighted by atomic mass is 9.93. The molecule has 0 radical (unpaired) electrons. The summed E-state index contributed by atoms with van der Waals surface area (Å²) in [5.41, 5.74) is 0. The van der Waals surface area contributed by atoms with Gasteiger partial charge >= 0.3 is 0 Å². The fraction of sp³-hybridized carbons (Fsp3) is 0.900. The van der Waals surface area contributed by atoms with Crippen LogP contribution in [0.1, 0.15) is 46.0 Å². The molecule has 2 N–H and O–H groups in total. The molecule has 1 amide bonds. The van der Waals surface area contributed by atoms with Gasteiger partial charge in [0, 0.05) is 53.2 Å². The third-order valence-corrected chi connectivity index (χ3v) is 5.65. The molecule has 2 aliphatic heterocycles. The van der Waals surface area contributed by atoms with Crippen molar-refractivity contribution in [1.29, 1.82) is 0 Å². The summed E-state index contributed by atoms with van der Waals surface area (Å²) in [6.07, 6.45) is 5.42. The zero-order valence-corrected chi connectivity index (χ0v) is 17.3. The van der Waals surface area contributed by atoms with Gasteiger partial charge in [-0.15, -0.1) is 0 Å². The molecule has 0 bridgehead atoms. The average Bonchev–Trinajstić information content (AvgIpc) is 2.63. The molecule has 2 saturated heterocycles. The molecular weight excluding hydrogens is 326 g/mol. The van der Waals surface area contributed by atoms with Crippen LogP contribution < -0.4 is 10.6 Å². The standard InChI is InChI=1S/C20H39N5O/c1-16(2)14-24-9-5-6-18(15-24)13-23-20(22-4)25-10-7-17(8-11-25)12-19(26)21-3/h16-18H,5-15H2,1-4H3,(H,21,26)(H,22,23). The molecule has 0 spiro atoms. The normalized spacial score (nSPS) is 23.3. The highest BCUT2D eigenvalue weighted by Crippen LogP contribution is 2.21. The number of hydrogen-bond acceptors (Lipinski definition) is 3. The first-order valence-corrected chi connectivity index (χ1v) is 10.4. The van der Waals surface area contributed by atoms with Gasteiger partial charge in [0.05, 0.1) is 0 Å². The number of likely N-dealkylation sites (tertiary alicyclic amines) is 2. The second kappa shape index (κ2) is 10.8. The Morgan fingerprint density at radius 2 is 1.88 bits per heavy atom. The molecule has 6 nitrogen and oxygen atoms in total. The smallest absolute Gasteiger partial charge is 0.220 e. The highest BCUT2D eigenvalue weighted by Gasteiger charge is 2.24. The van der Waals surface area contributed by atoms with E-state index in [0.717, 1.165) is 44.4 Å². The van der Waals surface area contributed by atoms with Gasteiger partial charge < -0.3 is 20.4 Å². The van der Waals surface area contributed by atoms with Gasteiger partial charge in [0.1, 0.15) is 0 Å². The summed E-state index contributed by atoms with van der Waals surface area (Å²) in [6, 6.07) is 0. The van der Waals surface area contributed by atoms with Crippen molar-refractivity contribution >= 4 is 11.9 Å². The first-order chi connectivity index (χ1) is 12.5. The van der Waals surface area contributed by atoms with Crippen LogP contribution in [0, 0.1) is 17.8 Å². The molecule has 0 saturated carbocycles. The Bertz CT molecular complexity index is 457. The van der Waals surface area contributed by atoms with Gasteiger partial charge in [-0.05, 0) is 50.0 Å². The molecule has 1 unspecified atom stereocenters. The molecule has 2 heterocycles. The van der Waals surface area contributed by atoms with Crippen LogP contribution in [0.5, 0.6) is 0 Å². The first-order valence-electron chi connectivity index (χ1n) is 10.4. The number of guanidine groups is 1. The van der Waals surface area contributed by atoms with E-state index in [4.69, 9.17) is 0 Å². The average molecular weight is 366 g/mol. The number of carbonyl (C=O) groups is 1. The minimum atomic E-state index is 0.161. The van der Waals surface area contributed by atoms with Crippen LogP contribution in [0.25, 0.3) is 0 Å². The van der Waals surface area contributed by atoms with Crippen molar-refractivity contribution in [3.05, 3.63) is 0 Å². The molecule has 150 valence electrons. The summed E-state index contributed by atoms with van der Waals surface area (Å²) in [7, 11) is 3.60. The second-order valence-electron chi connectivity index (χ2n) is 8.40. The number of piperidine rings is 2. The number of hydrogen-bond donors (Lipinski definition) is 2. The molecule has 0 aliphatic carbocycles. The van der Waals surface area contributed by atoms with Gasteiger partial charge in [0.15, 0.2) is 5.96 Å². The van der Waals surface area contributed by atoms with Crippen molar-refractivity contribution in [2.75, 3.05) is 53.4 Å². The van der Waals surface area contributed by atoms with Gasteiger partial charge in [-0.25, -0.2) is 0 Å². The zero-order chi connectivity index (χ0) is 18.9. The number of amides is 1. The third-order valence-electron chi connectivity index (χ3n) is 5.65. The second-order valence-corrected chi connectivity index (χ2v) is 8.40. The number of nitrogens with zero attached hydrogens (tertiary/aromatic N) is 3. The van der Waals surface area contributed by atoms with E-state index in [2.05, 4.69) is 39.3 Å². The number of nitrogens with one attached hydrogen (secondary N) is 2. The van der Waals surface area contributed by atoms with E-state index >= 15 is 0 Å². The minimum Gasteiger partial charge on any atom is -0.359 e. The Kier molecular flexibility index (Phi) is 8.69. The SMILES string of the molecule is CN=C(NCC1CCCN(CC(C)C)C1)N1CCC(CC(=O)NC)CC1. The quantitative estimate of drug-likeness (QED) is 0.556. The Balaban J connectivity index is 1.73. The molecule has 0 aromatic heterocycles. The van der Waals surface area contributed by atoms with Gasteiger partial charge in [-0.2, -0.15) is 0 Å². The Labute approximate surface area is 159 Å². The molecule has 0 aromatic carbocycles. The highest BCUT2D eigenvalue weighted by atomic mass is 16.1. The van der Waals surface area contributed by atoms with Gasteiger partial charge in [0.2, 0.25) is 5.91 Å². The molecule has 26 heavy (non-hydrogen) atoms. The van der Waals surface area contributed by atoms with E-state index in [1.807, 2.05) is 7.05 Å². The zero-order valence-electron chi connectivity index (χ0n) is 17.3. The maximum atomic E-state index is 11.6. The van der Waals surface area contributed by atoms with Gasteiger partial charge in [0.25, 0.3) is 0 Å². The van der Waals surface area contributed by atoms with E-state index in [9.17, 15) is 4.79 Å². The monoisotopic (exact) mass is 365 g/mol. The lowest BCUT2D eigenvalue weighted by molar-refractivity contribution is -0.121. The predicted octanol–water partition coefficient (Wildman–Crippen LogP) is 1.78. The third kappa shape index (κ3) is 6.78. The van der Waals surface area contributed by atoms with Crippen LogP contribution in [-0.4, -0.2) is 75.0 Å². The first kappa shape index (κ1) is 21.0. The fourth-order valence-corrected chi connectivity index (χ4v) is 4.28. The topological polar surface area (TPSA) is 60.0 Å². The van der Waals surface area contributed by atoms with Crippen LogP contribution in [0.3, 0.4) is 0 Å². The van der Waals surface area contributed by atoms with Crippen molar-refractivity contribution in [2.24, 2.45) is 22.7 Å². The van der Waals surface area contributed by atoms with Crippen LogP contribution in [0.15, 0.2) is 4.99 Å². The van der Waals surface area contributed by atoms with Crippen LogP contribution in [0.4, 0.5) is 0 Å². The van der Waals surface area contributed by atoms with E-state index < -0.39 is 0 Å². The van der Waals surface area contributed by atoms with Crippen molar-refractivity contribution in [3.8, 4) is 0 Å².